The van der Waals surface area contributed by atoms with E-state index in [-0.39, 0.29) is 12.6 Å². The molecule has 1 atom stereocenters. The third-order valence-corrected chi connectivity index (χ3v) is 2.77. The normalized spacial score (nSPS) is 21.8. The van der Waals surface area contributed by atoms with E-state index in [4.69, 9.17) is 10.8 Å². The first-order valence-corrected chi connectivity index (χ1v) is 5.04. The Labute approximate surface area is 91.5 Å². The zero-order chi connectivity index (χ0) is 11.1. The predicted molar refractivity (Wildman–Crippen MR) is 58.6 cm³/mol. The number of aliphatic hydroxyl groups is 1. The van der Waals surface area contributed by atoms with Gasteiger partial charge in [0.15, 0.2) is 11.5 Å². The van der Waals surface area contributed by atoms with Gasteiger partial charge in [-0.25, -0.2) is 15.0 Å². The number of anilines is 1. The van der Waals surface area contributed by atoms with Gasteiger partial charge in [-0.1, -0.05) is 6.08 Å². The number of nitrogens with two attached hydrogens (primary N) is 1. The van der Waals surface area contributed by atoms with Gasteiger partial charge in [0.05, 0.1) is 19.0 Å². The van der Waals surface area contributed by atoms with Gasteiger partial charge in [-0.05, 0) is 12.0 Å². The number of rotatable bonds is 2. The number of aromatic nitrogens is 4. The largest absolute Gasteiger partial charge is 0.392 e. The van der Waals surface area contributed by atoms with E-state index in [1.165, 1.54) is 11.9 Å². The van der Waals surface area contributed by atoms with Gasteiger partial charge in [0.25, 0.3) is 0 Å². The Morgan fingerprint density at radius 1 is 1.50 bits per heavy atom. The Balaban J connectivity index is 2.07. The lowest BCUT2D eigenvalue weighted by molar-refractivity contribution is 0.342. The summed E-state index contributed by atoms with van der Waals surface area (Å²) in [6, 6.07) is 0.270. The van der Waals surface area contributed by atoms with Gasteiger partial charge < -0.3 is 15.4 Å². The molecular weight excluding hydrogens is 206 g/mol. The molecule has 6 heteroatoms. The number of nitrogens with zero attached hydrogens (tertiary/aromatic N) is 4. The minimum atomic E-state index is 0.0790. The molecule has 0 radical (unpaired) electrons. The van der Waals surface area contributed by atoms with Crippen LogP contribution in [-0.4, -0.2) is 31.2 Å². The maximum Gasteiger partial charge on any atom is 0.165 e. The van der Waals surface area contributed by atoms with Crippen LogP contribution in [0.5, 0.6) is 0 Å². The summed E-state index contributed by atoms with van der Waals surface area (Å²) in [5.74, 6) is 0.400. The zero-order valence-corrected chi connectivity index (χ0v) is 8.54. The van der Waals surface area contributed by atoms with Crippen molar-refractivity contribution in [3.05, 3.63) is 24.3 Å². The van der Waals surface area contributed by atoms with E-state index in [1.807, 2.05) is 10.6 Å². The van der Waals surface area contributed by atoms with Crippen LogP contribution in [0.2, 0.25) is 0 Å². The second-order valence-electron chi connectivity index (χ2n) is 3.76. The minimum absolute atomic E-state index is 0.0790. The van der Waals surface area contributed by atoms with Crippen molar-refractivity contribution in [2.45, 2.75) is 12.5 Å². The molecule has 0 unspecified atom stereocenters. The number of aliphatic hydroxyl groups excluding tert-OH is 1. The minimum Gasteiger partial charge on any atom is -0.392 e. The van der Waals surface area contributed by atoms with E-state index < -0.39 is 0 Å². The molecule has 16 heavy (non-hydrogen) atoms. The summed E-state index contributed by atoms with van der Waals surface area (Å²) >= 11 is 0. The van der Waals surface area contributed by atoms with Gasteiger partial charge in [-0.15, -0.1) is 0 Å². The molecule has 0 spiro atoms. The van der Waals surface area contributed by atoms with Crippen LogP contribution >= 0.6 is 0 Å². The predicted octanol–water partition coefficient (Wildman–Crippen LogP) is 0.272. The van der Waals surface area contributed by atoms with Crippen LogP contribution < -0.4 is 5.73 Å². The van der Waals surface area contributed by atoms with Gasteiger partial charge in [0, 0.05) is 0 Å². The van der Waals surface area contributed by atoms with Gasteiger partial charge in [0.2, 0.25) is 0 Å². The van der Waals surface area contributed by atoms with Gasteiger partial charge in [-0.3, -0.25) is 0 Å². The highest BCUT2D eigenvalue weighted by atomic mass is 16.2. The Morgan fingerprint density at radius 3 is 3.19 bits per heavy atom. The molecule has 0 aromatic carbocycles. The fraction of sp³-hybridized carbons (Fsp3) is 0.300. The molecule has 0 aliphatic heterocycles. The van der Waals surface area contributed by atoms with Crippen LogP contribution in [0.3, 0.4) is 0 Å². The number of nitrogen functional groups attached to an aromatic ring is 1. The molecule has 1 fully saturated rings. The Hall–Kier alpha value is -1.95. The van der Waals surface area contributed by atoms with Crippen LogP contribution in [0.15, 0.2) is 24.3 Å². The summed E-state index contributed by atoms with van der Waals surface area (Å²) in [5, 5.41) is 8.80. The average molecular weight is 217 g/mol. The fourth-order valence-corrected chi connectivity index (χ4v) is 1.88. The van der Waals surface area contributed by atoms with Crippen molar-refractivity contribution in [2.75, 3.05) is 12.3 Å². The Bertz CT molecular complexity index is 574. The topological polar surface area (TPSA) is 89.9 Å². The van der Waals surface area contributed by atoms with E-state index in [0.717, 1.165) is 12.1 Å². The average Bonchev–Trinajstić information content (AvgIpc) is 2.89. The molecule has 1 saturated carbocycles. The molecular formula is C10H11N5O. The fourth-order valence-electron chi connectivity index (χ4n) is 1.88. The van der Waals surface area contributed by atoms with Gasteiger partial charge >= 0.3 is 0 Å². The molecule has 2 aromatic rings. The summed E-state index contributed by atoms with van der Waals surface area (Å²) in [7, 11) is 0. The van der Waals surface area contributed by atoms with Gasteiger partial charge in [-0.2, -0.15) is 0 Å². The number of fused-ring (bicyclic) bond motifs is 1. The molecule has 1 aliphatic carbocycles. The van der Waals surface area contributed by atoms with Crippen molar-refractivity contribution >= 4 is 17.0 Å². The SMILES string of the molecule is Nc1ncnc2c1ncn2[C@H]1C/C1=C/CO. The Kier molecular flexibility index (Phi) is 1.90. The first-order valence-electron chi connectivity index (χ1n) is 5.04. The molecule has 2 aromatic heterocycles. The summed E-state index contributed by atoms with van der Waals surface area (Å²) < 4.78 is 1.97. The molecule has 6 nitrogen and oxygen atoms in total. The highest BCUT2D eigenvalue weighted by Crippen LogP contribution is 2.43. The first-order chi connectivity index (χ1) is 7.81. The van der Waals surface area contributed by atoms with Crippen molar-refractivity contribution in [3.63, 3.8) is 0 Å². The van der Waals surface area contributed by atoms with E-state index in [9.17, 15) is 0 Å². The van der Waals surface area contributed by atoms with Crippen LogP contribution in [-0.2, 0) is 0 Å². The second-order valence-corrected chi connectivity index (χ2v) is 3.76. The summed E-state index contributed by atoms with van der Waals surface area (Å²) in [6.07, 6.45) is 5.92. The van der Waals surface area contributed by atoms with E-state index in [2.05, 4.69) is 15.0 Å². The maximum absolute atomic E-state index is 8.80. The molecule has 1 aliphatic rings. The third kappa shape index (κ3) is 1.27. The van der Waals surface area contributed by atoms with Crippen molar-refractivity contribution in [2.24, 2.45) is 0 Å². The van der Waals surface area contributed by atoms with E-state index in [1.54, 1.807) is 6.33 Å². The highest BCUT2D eigenvalue weighted by molar-refractivity contribution is 5.81. The van der Waals surface area contributed by atoms with Crippen molar-refractivity contribution in [1.29, 1.82) is 0 Å². The number of imidazole rings is 1. The lowest BCUT2D eigenvalue weighted by atomic mass is 10.4. The van der Waals surface area contributed by atoms with E-state index in [0.29, 0.717) is 11.3 Å². The van der Waals surface area contributed by atoms with Crippen molar-refractivity contribution in [1.82, 2.24) is 19.5 Å². The summed E-state index contributed by atoms with van der Waals surface area (Å²) in [5.41, 5.74) is 8.29. The molecule has 0 amide bonds. The Morgan fingerprint density at radius 2 is 2.38 bits per heavy atom. The molecule has 82 valence electrons. The molecule has 3 rings (SSSR count). The van der Waals surface area contributed by atoms with Crippen LogP contribution in [0.1, 0.15) is 12.5 Å². The van der Waals surface area contributed by atoms with Crippen LogP contribution in [0.4, 0.5) is 5.82 Å². The lowest BCUT2D eigenvalue weighted by Crippen LogP contribution is -1.97. The summed E-state index contributed by atoms with van der Waals surface area (Å²) in [4.78, 5) is 12.3. The van der Waals surface area contributed by atoms with Crippen LogP contribution in [0, 0.1) is 0 Å². The maximum atomic E-state index is 8.80. The smallest absolute Gasteiger partial charge is 0.165 e. The zero-order valence-electron chi connectivity index (χ0n) is 8.54. The van der Waals surface area contributed by atoms with Crippen molar-refractivity contribution in [3.8, 4) is 0 Å². The van der Waals surface area contributed by atoms with Crippen molar-refractivity contribution < 1.29 is 5.11 Å². The van der Waals surface area contributed by atoms with E-state index >= 15 is 0 Å². The molecule has 3 N–H and O–H groups in total. The second kappa shape index (κ2) is 3.28. The summed E-state index contributed by atoms with van der Waals surface area (Å²) in [6.45, 7) is 0.0790. The number of allylic oxidation sites excluding steroid dienone is 1. The lowest BCUT2D eigenvalue weighted by Gasteiger charge is -1.99. The number of hydrogen-bond acceptors (Lipinski definition) is 5. The molecule has 0 saturated heterocycles. The number of hydrogen-bond donors (Lipinski definition) is 2. The molecule has 0 bridgehead atoms. The quantitative estimate of drug-likeness (QED) is 0.705. The van der Waals surface area contributed by atoms with Crippen LogP contribution in [0.25, 0.3) is 11.2 Å². The first kappa shape index (κ1) is 9.29. The standard InChI is InChI=1S/C10H11N5O/c11-9-8-10(13-4-12-9)15(5-14-8)7-3-6(7)1-2-16/h1,4-5,7,16H,2-3H2,(H2,11,12,13)/b6-1-/t7-/m0/s1. The van der Waals surface area contributed by atoms with Gasteiger partial charge in [0.1, 0.15) is 11.8 Å². The molecule has 2 heterocycles. The third-order valence-electron chi connectivity index (χ3n) is 2.77. The monoisotopic (exact) mass is 217 g/mol. The highest BCUT2D eigenvalue weighted by Gasteiger charge is 2.32.